The minimum absolute atomic E-state index is 0.0107. The summed E-state index contributed by atoms with van der Waals surface area (Å²) in [6.45, 7) is 5.16. The van der Waals surface area contributed by atoms with Gasteiger partial charge in [0, 0.05) is 0 Å². The molecule has 2 fully saturated rings. The average Bonchev–Trinajstić information content (AvgIpc) is 3.10. The first kappa shape index (κ1) is 10.9. The highest BCUT2D eigenvalue weighted by molar-refractivity contribution is 5.72. The van der Waals surface area contributed by atoms with E-state index in [9.17, 15) is 4.79 Å². The number of hydrogen-bond donors (Lipinski definition) is 1. The van der Waals surface area contributed by atoms with Crippen molar-refractivity contribution in [1.82, 2.24) is 5.32 Å². The van der Waals surface area contributed by atoms with Gasteiger partial charge in [-0.15, -0.1) is 0 Å². The number of carbonyl (C=O) groups is 1. The molecule has 2 aliphatic rings. The lowest BCUT2D eigenvalue weighted by atomic mass is 9.87. The van der Waals surface area contributed by atoms with E-state index in [1.165, 1.54) is 0 Å². The van der Waals surface area contributed by atoms with Crippen molar-refractivity contribution in [1.29, 1.82) is 0 Å². The second kappa shape index (κ2) is 4.94. The number of esters is 1. The van der Waals surface area contributed by atoms with Crippen LogP contribution in [0.3, 0.4) is 0 Å². The van der Waals surface area contributed by atoms with E-state index in [-0.39, 0.29) is 18.0 Å². The van der Waals surface area contributed by atoms with Gasteiger partial charge in [0.2, 0.25) is 0 Å². The summed E-state index contributed by atoms with van der Waals surface area (Å²) in [4.78, 5) is 11.7. The quantitative estimate of drug-likeness (QED) is 0.548. The van der Waals surface area contributed by atoms with Gasteiger partial charge in [0.05, 0.1) is 12.5 Å². The zero-order valence-electron chi connectivity index (χ0n) is 9.20. The topological polar surface area (TPSA) is 50.9 Å². The lowest BCUT2D eigenvalue weighted by Gasteiger charge is -2.26. The van der Waals surface area contributed by atoms with Crippen LogP contribution in [0.25, 0.3) is 0 Å². The fourth-order valence-electron chi connectivity index (χ4n) is 1.97. The Morgan fingerprint density at radius 3 is 3.07 bits per heavy atom. The zero-order chi connectivity index (χ0) is 10.7. The van der Waals surface area contributed by atoms with Gasteiger partial charge in [0.1, 0.15) is 12.7 Å². The van der Waals surface area contributed by atoms with Crippen molar-refractivity contribution in [2.45, 2.75) is 25.9 Å². The van der Waals surface area contributed by atoms with Gasteiger partial charge < -0.3 is 14.8 Å². The molecule has 3 unspecified atom stereocenters. The zero-order valence-corrected chi connectivity index (χ0v) is 9.20. The summed E-state index contributed by atoms with van der Waals surface area (Å²) in [5.41, 5.74) is 0. The largest absolute Gasteiger partial charge is 0.463 e. The highest BCUT2D eigenvalue weighted by atomic mass is 16.6. The Morgan fingerprint density at radius 1 is 1.67 bits per heavy atom. The van der Waals surface area contributed by atoms with Gasteiger partial charge in [-0.3, -0.25) is 4.79 Å². The van der Waals surface area contributed by atoms with E-state index in [2.05, 4.69) is 5.32 Å². The van der Waals surface area contributed by atoms with E-state index >= 15 is 0 Å². The Labute approximate surface area is 90.3 Å². The highest BCUT2D eigenvalue weighted by Gasteiger charge is 2.29. The molecule has 0 amide bonds. The average molecular weight is 213 g/mol. The minimum atomic E-state index is -0.0702. The van der Waals surface area contributed by atoms with E-state index in [4.69, 9.17) is 9.47 Å². The maximum absolute atomic E-state index is 11.7. The van der Waals surface area contributed by atoms with Crippen molar-refractivity contribution < 1.29 is 14.3 Å². The summed E-state index contributed by atoms with van der Waals surface area (Å²) in [6, 6.07) is 0. The Morgan fingerprint density at radius 2 is 2.47 bits per heavy atom. The van der Waals surface area contributed by atoms with Crippen LogP contribution in [0.2, 0.25) is 0 Å². The predicted octanol–water partition coefficient (Wildman–Crippen LogP) is 0.564. The molecule has 2 saturated heterocycles. The third kappa shape index (κ3) is 3.18. The SMILES string of the molecule is CC(C(=O)OCC1CO1)C1CCCNC1. The van der Waals surface area contributed by atoms with Gasteiger partial charge in [0.25, 0.3) is 0 Å². The van der Waals surface area contributed by atoms with Crippen molar-refractivity contribution in [2.75, 3.05) is 26.3 Å². The van der Waals surface area contributed by atoms with Crippen LogP contribution in [0.15, 0.2) is 0 Å². The van der Waals surface area contributed by atoms with Gasteiger partial charge in [0.15, 0.2) is 0 Å². The molecule has 0 saturated carbocycles. The monoisotopic (exact) mass is 213 g/mol. The molecule has 15 heavy (non-hydrogen) atoms. The predicted molar refractivity (Wildman–Crippen MR) is 55.5 cm³/mol. The third-order valence-electron chi connectivity index (χ3n) is 3.23. The smallest absolute Gasteiger partial charge is 0.309 e. The second-order valence-electron chi connectivity index (χ2n) is 4.48. The molecule has 0 aromatic heterocycles. The van der Waals surface area contributed by atoms with Crippen LogP contribution in [-0.4, -0.2) is 38.4 Å². The van der Waals surface area contributed by atoms with Crippen LogP contribution in [0.5, 0.6) is 0 Å². The molecule has 0 aliphatic carbocycles. The molecular weight excluding hydrogens is 194 g/mol. The minimum Gasteiger partial charge on any atom is -0.463 e. The number of nitrogens with one attached hydrogen (secondary N) is 1. The van der Waals surface area contributed by atoms with E-state index in [0.717, 1.165) is 32.5 Å². The van der Waals surface area contributed by atoms with E-state index in [1.807, 2.05) is 6.92 Å². The summed E-state index contributed by atoms with van der Waals surface area (Å²) >= 11 is 0. The maximum atomic E-state index is 11.7. The Bertz CT molecular complexity index is 222. The molecule has 4 heteroatoms. The maximum Gasteiger partial charge on any atom is 0.309 e. The van der Waals surface area contributed by atoms with Crippen molar-refractivity contribution in [3.8, 4) is 0 Å². The van der Waals surface area contributed by atoms with E-state index < -0.39 is 0 Å². The fourth-order valence-corrected chi connectivity index (χ4v) is 1.97. The molecule has 1 N–H and O–H groups in total. The van der Waals surface area contributed by atoms with Gasteiger partial charge in [-0.2, -0.15) is 0 Å². The molecule has 0 bridgehead atoms. The van der Waals surface area contributed by atoms with Crippen LogP contribution >= 0.6 is 0 Å². The summed E-state index contributed by atoms with van der Waals surface area (Å²) in [5, 5.41) is 3.32. The molecule has 2 heterocycles. The van der Waals surface area contributed by atoms with Gasteiger partial charge in [-0.25, -0.2) is 0 Å². The van der Waals surface area contributed by atoms with Crippen LogP contribution in [0, 0.1) is 11.8 Å². The molecule has 0 aromatic rings. The van der Waals surface area contributed by atoms with Crippen molar-refractivity contribution >= 4 is 5.97 Å². The molecular formula is C11H19NO3. The molecule has 2 aliphatic heterocycles. The summed E-state index contributed by atoms with van der Waals surface area (Å²) in [7, 11) is 0. The molecule has 4 nitrogen and oxygen atoms in total. The summed E-state index contributed by atoms with van der Waals surface area (Å²) < 4.78 is 10.2. The Balaban J connectivity index is 1.71. The van der Waals surface area contributed by atoms with Crippen molar-refractivity contribution in [3.05, 3.63) is 0 Å². The van der Waals surface area contributed by atoms with E-state index in [1.54, 1.807) is 0 Å². The van der Waals surface area contributed by atoms with Gasteiger partial charge >= 0.3 is 5.97 Å². The first-order valence-electron chi connectivity index (χ1n) is 5.76. The van der Waals surface area contributed by atoms with Crippen LogP contribution in [0.4, 0.5) is 0 Å². The number of carbonyl (C=O) groups excluding carboxylic acids is 1. The molecule has 0 spiro atoms. The Kier molecular flexibility index (Phi) is 3.59. The lowest BCUT2D eigenvalue weighted by molar-refractivity contribution is -0.150. The number of ether oxygens (including phenoxy) is 2. The van der Waals surface area contributed by atoms with Gasteiger partial charge in [-0.1, -0.05) is 6.92 Å². The standard InChI is InChI=1S/C11H19NO3/c1-8(9-3-2-4-12-5-9)11(13)15-7-10-6-14-10/h8-10,12H,2-7H2,1H3. The third-order valence-corrected chi connectivity index (χ3v) is 3.23. The number of rotatable bonds is 4. The number of hydrogen-bond acceptors (Lipinski definition) is 4. The van der Waals surface area contributed by atoms with E-state index in [0.29, 0.717) is 12.5 Å². The number of piperidine rings is 1. The van der Waals surface area contributed by atoms with Crippen LogP contribution < -0.4 is 5.32 Å². The summed E-state index contributed by atoms with van der Waals surface area (Å²) in [5.74, 6) is 0.377. The first-order chi connectivity index (χ1) is 7.27. The molecule has 3 atom stereocenters. The first-order valence-corrected chi connectivity index (χ1v) is 5.76. The molecule has 0 aromatic carbocycles. The van der Waals surface area contributed by atoms with Crippen LogP contribution in [-0.2, 0) is 14.3 Å². The lowest BCUT2D eigenvalue weighted by Crippen LogP contribution is -2.36. The second-order valence-corrected chi connectivity index (χ2v) is 4.48. The normalized spacial score (nSPS) is 32.1. The molecule has 86 valence electrons. The highest BCUT2D eigenvalue weighted by Crippen LogP contribution is 2.21. The number of epoxide rings is 1. The summed E-state index contributed by atoms with van der Waals surface area (Å²) in [6.07, 6.45) is 2.46. The van der Waals surface area contributed by atoms with Crippen LogP contribution in [0.1, 0.15) is 19.8 Å². The van der Waals surface area contributed by atoms with Crippen molar-refractivity contribution in [2.24, 2.45) is 11.8 Å². The molecule has 0 radical (unpaired) electrons. The Hall–Kier alpha value is -0.610. The molecule has 2 rings (SSSR count). The fraction of sp³-hybridized carbons (Fsp3) is 0.909. The van der Waals surface area contributed by atoms with Gasteiger partial charge in [-0.05, 0) is 31.8 Å². The van der Waals surface area contributed by atoms with Crippen molar-refractivity contribution in [3.63, 3.8) is 0 Å².